The topological polar surface area (TPSA) is 28.4 Å². The van der Waals surface area contributed by atoms with E-state index in [1.54, 1.807) is 0 Å². The number of nitrogens with one attached hydrogen (secondary N) is 1. The van der Waals surface area contributed by atoms with Crippen LogP contribution in [0.25, 0.3) is 11.0 Å². The molecule has 0 atom stereocenters. The Labute approximate surface area is 114 Å². The van der Waals surface area contributed by atoms with Crippen molar-refractivity contribution in [1.82, 2.24) is 10.2 Å². The molecule has 1 saturated heterocycles. The number of para-hydroxylation sites is 1. The molecule has 1 aromatic heterocycles. The van der Waals surface area contributed by atoms with Gasteiger partial charge in [-0.15, -0.1) is 0 Å². The van der Waals surface area contributed by atoms with Gasteiger partial charge >= 0.3 is 0 Å². The van der Waals surface area contributed by atoms with Crippen LogP contribution in [0.15, 0.2) is 34.7 Å². The Hall–Kier alpha value is -1.32. The summed E-state index contributed by atoms with van der Waals surface area (Å²) >= 11 is 0. The number of benzene rings is 1. The zero-order chi connectivity index (χ0) is 12.9. The van der Waals surface area contributed by atoms with Crippen LogP contribution in [0.2, 0.25) is 0 Å². The molecule has 0 aliphatic carbocycles. The highest BCUT2D eigenvalue weighted by molar-refractivity contribution is 5.77. The van der Waals surface area contributed by atoms with Gasteiger partial charge in [0.15, 0.2) is 0 Å². The van der Waals surface area contributed by atoms with Gasteiger partial charge < -0.3 is 14.6 Å². The molecule has 0 radical (unpaired) electrons. The molecule has 0 bridgehead atoms. The Kier molecular flexibility index (Phi) is 4.16. The highest BCUT2D eigenvalue weighted by atomic mass is 16.3. The number of hydrogen-bond acceptors (Lipinski definition) is 3. The molecular formula is C16H22N2O. The van der Waals surface area contributed by atoms with Crippen LogP contribution in [0.1, 0.15) is 25.0 Å². The van der Waals surface area contributed by atoms with E-state index in [-0.39, 0.29) is 0 Å². The molecule has 1 aliphatic heterocycles. The molecule has 2 heterocycles. The second kappa shape index (κ2) is 6.22. The number of hydrogen-bond donors (Lipinski definition) is 1. The first-order valence-corrected chi connectivity index (χ1v) is 7.32. The minimum Gasteiger partial charge on any atom is -0.460 e. The summed E-state index contributed by atoms with van der Waals surface area (Å²) in [6, 6.07) is 10.3. The third-order valence-corrected chi connectivity index (χ3v) is 3.83. The Balaban J connectivity index is 1.44. The summed E-state index contributed by atoms with van der Waals surface area (Å²) in [4.78, 5) is 2.55. The lowest BCUT2D eigenvalue weighted by Crippen LogP contribution is -2.35. The second-order valence-corrected chi connectivity index (χ2v) is 5.33. The minimum atomic E-state index is 0.822. The zero-order valence-corrected chi connectivity index (χ0v) is 11.4. The van der Waals surface area contributed by atoms with Crippen molar-refractivity contribution in [1.29, 1.82) is 0 Å². The van der Waals surface area contributed by atoms with Crippen molar-refractivity contribution in [3.63, 3.8) is 0 Å². The predicted molar refractivity (Wildman–Crippen MR) is 78.2 cm³/mol. The van der Waals surface area contributed by atoms with E-state index >= 15 is 0 Å². The van der Waals surface area contributed by atoms with Crippen LogP contribution in [-0.4, -0.2) is 31.1 Å². The molecule has 1 fully saturated rings. The summed E-state index contributed by atoms with van der Waals surface area (Å²) in [6.07, 6.45) is 4.13. The number of fused-ring (bicyclic) bond motifs is 1. The van der Waals surface area contributed by atoms with Crippen LogP contribution in [0.5, 0.6) is 0 Å². The first-order valence-electron chi connectivity index (χ1n) is 7.32. The van der Waals surface area contributed by atoms with Crippen LogP contribution >= 0.6 is 0 Å². The first kappa shape index (κ1) is 12.7. The Morgan fingerprint density at radius 2 is 1.95 bits per heavy atom. The minimum absolute atomic E-state index is 0.822. The molecule has 3 nitrogen and oxygen atoms in total. The smallest absolute Gasteiger partial charge is 0.134 e. The Morgan fingerprint density at radius 3 is 2.79 bits per heavy atom. The average Bonchev–Trinajstić information content (AvgIpc) is 2.87. The van der Waals surface area contributed by atoms with Crippen molar-refractivity contribution in [2.75, 3.05) is 26.2 Å². The molecule has 3 heteroatoms. The summed E-state index contributed by atoms with van der Waals surface area (Å²) < 4.78 is 5.78. The molecule has 0 saturated carbocycles. The molecule has 0 amide bonds. The van der Waals surface area contributed by atoms with Crippen molar-refractivity contribution in [3.05, 3.63) is 36.1 Å². The van der Waals surface area contributed by atoms with Gasteiger partial charge in [0, 0.05) is 18.5 Å². The SMILES string of the molecule is c1ccc2oc(CNCCN3CCCCC3)cc2c1. The van der Waals surface area contributed by atoms with Gasteiger partial charge in [-0.3, -0.25) is 0 Å². The molecule has 1 aromatic carbocycles. The third kappa shape index (κ3) is 3.37. The number of likely N-dealkylation sites (tertiary alicyclic amines) is 1. The lowest BCUT2D eigenvalue weighted by atomic mass is 10.1. The molecule has 102 valence electrons. The highest BCUT2D eigenvalue weighted by Crippen LogP contribution is 2.18. The van der Waals surface area contributed by atoms with Gasteiger partial charge in [0.05, 0.1) is 6.54 Å². The summed E-state index contributed by atoms with van der Waals surface area (Å²) in [5.41, 5.74) is 0.982. The lowest BCUT2D eigenvalue weighted by molar-refractivity contribution is 0.228. The average molecular weight is 258 g/mol. The maximum absolute atomic E-state index is 5.78. The van der Waals surface area contributed by atoms with Gasteiger partial charge in [-0.2, -0.15) is 0 Å². The summed E-state index contributed by atoms with van der Waals surface area (Å²) in [7, 11) is 0. The van der Waals surface area contributed by atoms with Gasteiger partial charge in [0.2, 0.25) is 0 Å². The van der Waals surface area contributed by atoms with Crippen molar-refractivity contribution >= 4 is 11.0 Å². The maximum Gasteiger partial charge on any atom is 0.134 e. The Bertz CT molecular complexity index is 481. The van der Waals surface area contributed by atoms with E-state index in [1.165, 1.54) is 37.7 Å². The molecular weight excluding hydrogens is 236 g/mol. The fraction of sp³-hybridized carbons (Fsp3) is 0.500. The fourth-order valence-electron chi connectivity index (χ4n) is 2.76. The van der Waals surface area contributed by atoms with Gasteiger partial charge in [-0.1, -0.05) is 24.6 Å². The first-order chi connectivity index (χ1) is 9.42. The molecule has 0 spiro atoms. The van der Waals surface area contributed by atoms with Crippen molar-refractivity contribution < 1.29 is 4.42 Å². The number of furan rings is 1. The third-order valence-electron chi connectivity index (χ3n) is 3.83. The van der Waals surface area contributed by atoms with Crippen molar-refractivity contribution in [2.24, 2.45) is 0 Å². The van der Waals surface area contributed by atoms with E-state index in [4.69, 9.17) is 4.42 Å². The van der Waals surface area contributed by atoms with E-state index in [9.17, 15) is 0 Å². The van der Waals surface area contributed by atoms with Gasteiger partial charge in [0.25, 0.3) is 0 Å². The van der Waals surface area contributed by atoms with Crippen LogP contribution in [0.3, 0.4) is 0 Å². The molecule has 1 N–H and O–H groups in total. The van der Waals surface area contributed by atoms with E-state index in [2.05, 4.69) is 22.3 Å². The second-order valence-electron chi connectivity index (χ2n) is 5.33. The molecule has 2 aromatic rings. The van der Waals surface area contributed by atoms with Gasteiger partial charge in [-0.25, -0.2) is 0 Å². The normalized spacial score (nSPS) is 17.1. The van der Waals surface area contributed by atoms with Crippen LogP contribution in [0, 0.1) is 0 Å². The van der Waals surface area contributed by atoms with Crippen LogP contribution in [0.4, 0.5) is 0 Å². The molecule has 0 unspecified atom stereocenters. The number of piperidine rings is 1. The van der Waals surface area contributed by atoms with E-state index in [0.29, 0.717) is 0 Å². The Morgan fingerprint density at radius 1 is 1.11 bits per heavy atom. The summed E-state index contributed by atoms with van der Waals surface area (Å²) in [5.74, 6) is 1.03. The zero-order valence-electron chi connectivity index (χ0n) is 11.4. The summed E-state index contributed by atoms with van der Waals surface area (Å²) in [6.45, 7) is 5.55. The van der Waals surface area contributed by atoms with Gasteiger partial charge in [0.1, 0.15) is 11.3 Å². The van der Waals surface area contributed by atoms with E-state index < -0.39 is 0 Å². The molecule has 1 aliphatic rings. The molecule has 19 heavy (non-hydrogen) atoms. The largest absolute Gasteiger partial charge is 0.460 e. The monoisotopic (exact) mass is 258 g/mol. The van der Waals surface area contributed by atoms with Crippen LogP contribution < -0.4 is 5.32 Å². The number of rotatable bonds is 5. The predicted octanol–water partition coefficient (Wildman–Crippen LogP) is 3.01. The summed E-state index contributed by atoms with van der Waals surface area (Å²) in [5, 5.41) is 4.66. The van der Waals surface area contributed by atoms with Crippen LogP contribution in [-0.2, 0) is 6.54 Å². The quantitative estimate of drug-likeness (QED) is 0.836. The van der Waals surface area contributed by atoms with E-state index in [0.717, 1.165) is 31.0 Å². The maximum atomic E-state index is 5.78. The standard InChI is InChI=1S/C16H22N2O/c1-4-9-18(10-5-1)11-8-17-13-15-12-14-6-2-3-7-16(14)19-15/h2-3,6-7,12,17H,1,4-5,8-11,13H2. The number of nitrogens with zero attached hydrogens (tertiary/aromatic N) is 1. The fourth-order valence-corrected chi connectivity index (χ4v) is 2.76. The molecule has 3 rings (SSSR count). The van der Waals surface area contributed by atoms with E-state index in [1.807, 2.05) is 18.2 Å². The van der Waals surface area contributed by atoms with Crippen molar-refractivity contribution in [2.45, 2.75) is 25.8 Å². The van der Waals surface area contributed by atoms with Crippen molar-refractivity contribution in [3.8, 4) is 0 Å². The van der Waals surface area contributed by atoms with Gasteiger partial charge in [-0.05, 0) is 38.1 Å². The highest BCUT2D eigenvalue weighted by Gasteiger charge is 2.09. The lowest BCUT2D eigenvalue weighted by Gasteiger charge is -2.26.